The van der Waals surface area contributed by atoms with Crippen LogP contribution in [0, 0.1) is 5.92 Å². The minimum absolute atomic E-state index is 0.0280. The van der Waals surface area contributed by atoms with Crippen molar-refractivity contribution in [3.05, 3.63) is 35.4 Å². The topological polar surface area (TPSA) is 55.4 Å². The van der Waals surface area contributed by atoms with Gasteiger partial charge in [-0.1, -0.05) is 24.6 Å². The number of carbonyl (C=O) groups is 2. The zero-order valence-electron chi connectivity index (χ0n) is 13.4. The molecule has 1 aromatic rings. The van der Waals surface area contributed by atoms with Crippen LogP contribution in [0.2, 0.25) is 0 Å². The second kappa shape index (κ2) is 7.79. The summed E-state index contributed by atoms with van der Waals surface area (Å²) in [6.07, 6.45) is -3.05. The van der Waals surface area contributed by atoms with Gasteiger partial charge in [0.1, 0.15) is 6.61 Å². The van der Waals surface area contributed by atoms with Gasteiger partial charge in [0.2, 0.25) is 0 Å². The van der Waals surface area contributed by atoms with Crippen LogP contribution in [0.1, 0.15) is 47.5 Å². The lowest BCUT2D eigenvalue weighted by molar-refractivity contribution is -0.183. The number of carbonyl (C=O) groups excluding carboxylic acids is 2. The molecule has 1 aromatic carbocycles. The Morgan fingerprint density at radius 3 is 2.62 bits per heavy atom. The SMILES string of the molecule is COCC(=O)NC(=O)c1ccccc1C1CCCC(C(F)(F)F)C1. The summed E-state index contributed by atoms with van der Waals surface area (Å²) in [4.78, 5) is 23.8. The van der Waals surface area contributed by atoms with Gasteiger partial charge in [-0.15, -0.1) is 0 Å². The average Bonchev–Trinajstić information content (AvgIpc) is 2.54. The molecule has 0 radical (unpaired) electrons. The first-order valence-electron chi connectivity index (χ1n) is 7.81. The van der Waals surface area contributed by atoms with Gasteiger partial charge >= 0.3 is 6.18 Å². The molecule has 1 fully saturated rings. The molecule has 1 N–H and O–H groups in total. The zero-order chi connectivity index (χ0) is 17.7. The van der Waals surface area contributed by atoms with E-state index < -0.39 is 23.9 Å². The Kier molecular flexibility index (Phi) is 5.99. The molecular formula is C17H20F3NO3. The molecule has 2 atom stereocenters. The Morgan fingerprint density at radius 2 is 1.96 bits per heavy atom. The summed E-state index contributed by atoms with van der Waals surface area (Å²) in [6, 6.07) is 6.52. The van der Waals surface area contributed by atoms with Crippen LogP contribution in [0.25, 0.3) is 0 Å². The van der Waals surface area contributed by atoms with Crippen LogP contribution < -0.4 is 5.32 Å². The molecule has 7 heteroatoms. The van der Waals surface area contributed by atoms with Crippen LogP contribution in [0.3, 0.4) is 0 Å². The van der Waals surface area contributed by atoms with Crippen LogP contribution in [0.15, 0.2) is 24.3 Å². The van der Waals surface area contributed by atoms with Gasteiger partial charge in [-0.25, -0.2) is 0 Å². The molecule has 2 amide bonds. The molecule has 132 valence electrons. The molecular weight excluding hydrogens is 323 g/mol. The van der Waals surface area contributed by atoms with Crippen molar-refractivity contribution >= 4 is 11.8 Å². The maximum atomic E-state index is 13.0. The van der Waals surface area contributed by atoms with E-state index in [-0.39, 0.29) is 30.9 Å². The lowest BCUT2D eigenvalue weighted by Gasteiger charge is -2.31. The molecule has 1 saturated carbocycles. The lowest BCUT2D eigenvalue weighted by Crippen LogP contribution is -2.34. The van der Waals surface area contributed by atoms with Crippen molar-refractivity contribution in [2.45, 2.75) is 37.8 Å². The van der Waals surface area contributed by atoms with Gasteiger partial charge in [-0.3, -0.25) is 14.9 Å². The minimum Gasteiger partial charge on any atom is -0.375 e. The summed E-state index contributed by atoms with van der Waals surface area (Å²) in [5, 5.41) is 2.19. The highest BCUT2D eigenvalue weighted by Crippen LogP contribution is 2.44. The molecule has 0 aliphatic heterocycles. The Bertz CT molecular complexity index is 601. The van der Waals surface area contributed by atoms with E-state index in [4.69, 9.17) is 0 Å². The molecule has 0 spiro atoms. The van der Waals surface area contributed by atoms with Crippen LogP contribution in [0.4, 0.5) is 13.2 Å². The van der Waals surface area contributed by atoms with Crippen LogP contribution >= 0.6 is 0 Å². The van der Waals surface area contributed by atoms with Gasteiger partial charge < -0.3 is 4.74 Å². The van der Waals surface area contributed by atoms with E-state index in [9.17, 15) is 22.8 Å². The average molecular weight is 343 g/mol. The third kappa shape index (κ3) is 4.56. The molecule has 1 aliphatic rings. The van der Waals surface area contributed by atoms with Gasteiger partial charge in [0, 0.05) is 12.7 Å². The molecule has 1 aliphatic carbocycles. The third-order valence-electron chi connectivity index (χ3n) is 4.31. The van der Waals surface area contributed by atoms with Crippen molar-refractivity contribution in [1.82, 2.24) is 5.32 Å². The molecule has 0 bridgehead atoms. The molecule has 24 heavy (non-hydrogen) atoms. The predicted molar refractivity (Wildman–Crippen MR) is 81.5 cm³/mol. The first-order valence-corrected chi connectivity index (χ1v) is 7.81. The molecule has 0 saturated heterocycles. The van der Waals surface area contributed by atoms with E-state index in [1.54, 1.807) is 18.2 Å². The Balaban J connectivity index is 2.19. The monoisotopic (exact) mass is 343 g/mol. The fourth-order valence-corrected chi connectivity index (χ4v) is 3.19. The number of rotatable bonds is 4. The van der Waals surface area contributed by atoms with E-state index >= 15 is 0 Å². The summed E-state index contributed by atoms with van der Waals surface area (Å²) >= 11 is 0. The Hall–Kier alpha value is -1.89. The summed E-state index contributed by atoms with van der Waals surface area (Å²) in [5.74, 6) is -2.89. The lowest BCUT2D eigenvalue weighted by atomic mass is 9.76. The van der Waals surface area contributed by atoms with E-state index in [0.29, 0.717) is 18.4 Å². The standard InChI is InChI=1S/C17H20F3NO3/c1-24-10-15(22)21-16(23)14-8-3-2-7-13(14)11-5-4-6-12(9-11)17(18,19)20/h2-3,7-8,11-12H,4-6,9-10H2,1H3,(H,21,22,23). The number of halogens is 3. The number of ether oxygens (including phenoxy) is 1. The fraction of sp³-hybridized carbons (Fsp3) is 0.529. The van der Waals surface area contributed by atoms with E-state index in [2.05, 4.69) is 10.1 Å². The van der Waals surface area contributed by atoms with Crippen molar-refractivity contribution in [2.24, 2.45) is 5.92 Å². The van der Waals surface area contributed by atoms with Gasteiger partial charge in [0.15, 0.2) is 0 Å². The quantitative estimate of drug-likeness (QED) is 0.911. The van der Waals surface area contributed by atoms with Crippen molar-refractivity contribution < 1.29 is 27.5 Å². The van der Waals surface area contributed by atoms with Crippen molar-refractivity contribution in [3.63, 3.8) is 0 Å². The zero-order valence-corrected chi connectivity index (χ0v) is 13.4. The third-order valence-corrected chi connectivity index (χ3v) is 4.31. The smallest absolute Gasteiger partial charge is 0.375 e. The van der Waals surface area contributed by atoms with Gasteiger partial charge in [0.25, 0.3) is 11.8 Å². The number of nitrogens with one attached hydrogen (secondary N) is 1. The first-order chi connectivity index (χ1) is 11.3. The van der Waals surface area contributed by atoms with Crippen LogP contribution in [-0.4, -0.2) is 31.7 Å². The summed E-state index contributed by atoms with van der Waals surface area (Å²) in [6.45, 7) is -0.256. The van der Waals surface area contributed by atoms with Crippen molar-refractivity contribution in [2.75, 3.05) is 13.7 Å². The second-order valence-electron chi connectivity index (χ2n) is 6.00. The number of methoxy groups -OCH3 is 1. The fourth-order valence-electron chi connectivity index (χ4n) is 3.19. The van der Waals surface area contributed by atoms with Gasteiger partial charge in [0.05, 0.1) is 5.92 Å². The second-order valence-corrected chi connectivity index (χ2v) is 6.00. The Labute approximate surface area is 138 Å². The summed E-state index contributed by atoms with van der Waals surface area (Å²) in [5.41, 5.74) is 0.809. The highest BCUT2D eigenvalue weighted by atomic mass is 19.4. The molecule has 2 rings (SSSR count). The normalized spacial score (nSPS) is 21.3. The van der Waals surface area contributed by atoms with E-state index in [0.717, 1.165) is 0 Å². The van der Waals surface area contributed by atoms with Gasteiger partial charge in [-0.2, -0.15) is 13.2 Å². The summed E-state index contributed by atoms with van der Waals surface area (Å²) < 4.78 is 43.7. The number of hydrogen-bond acceptors (Lipinski definition) is 3. The van der Waals surface area contributed by atoms with Crippen molar-refractivity contribution in [3.8, 4) is 0 Å². The van der Waals surface area contributed by atoms with Gasteiger partial charge in [-0.05, 0) is 36.8 Å². The number of imide groups is 1. The summed E-state index contributed by atoms with van der Waals surface area (Å²) in [7, 11) is 1.33. The highest BCUT2D eigenvalue weighted by molar-refractivity contribution is 6.05. The van der Waals surface area contributed by atoms with E-state index in [1.807, 2.05) is 0 Å². The molecule has 0 aromatic heterocycles. The minimum atomic E-state index is -4.22. The van der Waals surface area contributed by atoms with Crippen LogP contribution in [-0.2, 0) is 9.53 Å². The Morgan fingerprint density at radius 1 is 1.25 bits per heavy atom. The number of amides is 2. The van der Waals surface area contributed by atoms with Crippen LogP contribution in [0.5, 0.6) is 0 Å². The maximum Gasteiger partial charge on any atom is 0.391 e. The molecule has 0 heterocycles. The number of alkyl halides is 3. The molecule has 2 unspecified atom stereocenters. The predicted octanol–water partition coefficient (Wildman–Crippen LogP) is 3.43. The highest BCUT2D eigenvalue weighted by Gasteiger charge is 2.42. The number of hydrogen-bond donors (Lipinski definition) is 1. The largest absolute Gasteiger partial charge is 0.391 e. The molecule has 4 nitrogen and oxygen atoms in total. The first kappa shape index (κ1) is 18.4. The maximum absolute atomic E-state index is 13.0. The van der Waals surface area contributed by atoms with E-state index in [1.165, 1.54) is 13.2 Å². The van der Waals surface area contributed by atoms with Crippen molar-refractivity contribution in [1.29, 1.82) is 0 Å². The number of benzene rings is 1.